The second-order valence-corrected chi connectivity index (χ2v) is 8.12. The Hall–Kier alpha value is -0.780. The van der Waals surface area contributed by atoms with Crippen molar-refractivity contribution >= 4 is 51.7 Å². The van der Waals surface area contributed by atoms with E-state index in [1.54, 1.807) is 6.07 Å². The van der Waals surface area contributed by atoms with Crippen LogP contribution in [0.4, 0.5) is 0 Å². The van der Waals surface area contributed by atoms with Crippen LogP contribution in [-0.2, 0) is 0 Å². The third-order valence-electron chi connectivity index (χ3n) is 4.56. The van der Waals surface area contributed by atoms with Crippen molar-refractivity contribution in [2.45, 2.75) is 37.6 Å². The van der Waals surface area contributed by atoms with E-state index >= 15 is 0 Å². The van der Waals surface area contributed by atoms with Gasteiger partial charge in [-0.15, -0.1) is 0 Å². The molecule has 0 spiro atoms. The Morgan fingerprint density at radius 3 is 2.58 bits per heavy atom. The van der Waals surface area contributed by atoms with E-state index in [-0.39, 0.29) is 17.9 Å². The third-order valence-corrected chi connectivity index (χ3v) is 6.07. The minimum atomic E-state index is -0.0121. The highest BCUT2D eigenvalue weighted by atomic mass is 127. The molecule has 5 heteroatoms. The summed E-state index contributed by atoms with van der Waals surface area (Å²) in [4.78, 5) is 12.7. The van der Waals surface area contributed by atoms with Crippen LogP contribution in [0.3, 0.4) is 0 Å². The summed E-state index contributed by atoms with van der Waals surface area (Å²) in [5.74, 6) is 0.218. The van der Waals surface area contributed by atoms with Crippen LogP contribution in [0.5, 0.6) is 0 Å². The molecule has 126 valence electrons. The summed E-state index contributed by atoms with van der Waals surface area (Å²) in [7, 11) is 0. The van der Waals surface area contributed by atoms with Gasteiger partial charge in [0.1, 0.15) is 0 Å². The Morgan fingerprint density at radius 2 is 1.83 bits per heavy atom. The topological polar surface area (TPSA) is 29.1 Å². The van der Waals surface area contributed by atoms with Crippen molar-refractivity contribution in [1.82, 2.24) is 5.32 Å². The molecule has 0 radical (unpaired) electrons. The van der Waals surface area contributed by atoms with Crippen LogP contribution >= 0.6 is 45.8 Å². The number of amides is 1. The highest BCUT2D eigenvalue weighted by Crippen LogP contribution is 2.37. The number of nitrogens with one attached hydrogen (secondary N) is 1. The molecule has 0 bridgehead atoms. The highest BCUT2D eigenvalue weighted by Gasteiger charge is 2.29. The molecule has 1 aliphatic carbocycles. The second-order valence-electron chi connectivity index (χ2n) is 6.12. The summed E-state index contributed by atoms with van der Waals surface area (Å²) in [5, 5.41) is 4.55. The molecule has 24 heavy (non-hydrogen) atoms. The van der Waals surface area contributed by atoms with E-state index in [0.717, 1.165) is 40.4 Å². The van der Waals surface area contributed by atoms with Crippen LogP contribution in [0.25, 0.3) is 0 Å². The predicted octanol–water partition coefficient (Wildman–Crippen LogP) is 6.05. The van der Waals surface area contributed by atoms with Crippen LogP contribution in [0.15, 0.2) is 42.5 Å². The molecular formula is C19H18Cl2INO. The van der Waals surface area contributed by atoms with E-state index in [1.165, 1.54) is 0 Å². The van der Waals surface area contributed by atoms with Gasteiger partial charge in [0.15, 0.2) is 0 Å². The molecule has 1 fully saturated rings. The van der Waals surface area contributed by atoms with Gasteiger partial charge in [0.05, 0.1) is 5.56 Å². The summed E-state index contributed by atoms with van der Waals surface area (Å²) in [5.41, 5.74) is 1.80. The number of carbonyl (C=O) groups excluding carboxylic acids is 1. The fraction of sp³-hybridized carbons (Fsp3) is 0.316. The summed E-state index contributed by atoms with van der Waals surface area (Å²) >= 11 is 14.6. The van der Waals surface area contributed by atoms with Gasteiger partial charge in [-0.1, -0.05) is 54.2 Å². The molecule has 0 saturated heterocycles. The molecule has 0 aliphatic heterocycles. The predicted molar refractivity (Wildman–Crippen MR) is 108 cm³/mol. The zero-order valence-corrected chi connectivity index (χ0v) is 16.7. The summed E-state index contributed by atoms with van der Waals surface area (Å²) in [6.45, 7) is 0. The molecule has 0 heterocycles. The first kappa shape index (κ1) is 18.0. The summed E-state index contributed by atoms with van der Waals surface area (Å²) in [6, 6.07) is 13.4. The number of halogens is 3. The molecule has 1 saturated carbocycles. The van der Waals surface area contributed by atoms with Gasteiger partial charge < -0.3 is 5.32 Å². The third kappa shape index (κ3) is 4.06. The number of benzene rings is 2. The van der Waals surface area contributed by atoms with E-state index < -0.39 is 0 Å². The molecule has 2 atom stereocenters. The number of hydrogen-bond acceptors (Lipinski definition) is 1. The zero-order valence-electron chi connectivity index (χ0n) is 13.1. The first-order valence-corrected chi connectivity index (χ1v) is 9.90. The van der Waals surface area contributed by atoms with E-state index in [2.05, 4.69) is 27.9 Å². The quantitative estimate of drug-likeness (QED) is 0.539. The average molecular weight is 474 g/mol. The fourth-order valence-electron chi connectivity index (χ4n) is 3.37. The van der Waals surface area contributed by atoms with E-state index in [0.29, 0.717) is 10.0 Å². The van der Waals surface area contributed by atoms with Crippen molar-refractivity contribution in [3.63, 3.8) is 0 Å². The van der Waals surface area contributed by atoms with E-state index in [4.69, 9.17) is 23.2 Å². The summed E-state index contributed by atoms with van der Waals surface area (Å²) < 4.78 is 0.962. The molecule has 1 aliphatic rings. The lowest BCUT2D eigenvalue weighted by molar-refractivity contribution is 0.0920. The van der Waals surface area contributed by atoms with Crippen molar-refractivity contribution in [3.8, 4) is 0 Å². The van der Waals surface area contributed by atoms with Crippen molar-refractivity contribution < 1.29 is 4.79 Å². The van der Waals surface area contributed by atoms with E-state index in [1.807, 2.05) is 36.4 Å². The van der Waals surface area contributed by atoms with Gasteiger partial charge >= 0.3 is 0 Å². The monoisotopic (exact) mass is 473 g/mol. The summed E-state index contributed by atoms with van der Waals surface area (Å²) in [6.07, 6.45) is 4.27. The molecule has 2 nitrogen and oxygen atoms in total. The van der Waals surface area contributed by atoms with Gasteiger partial charge in [-0.25, -0.2) is 0 Å². The highest BCUT2D eigenvalue weighted by molar-refractivity contribution is 14.1. The Morgan fingerprint density at radius 1 is 1.08 bits per heavy atom. The van der Waals surface area contributed by atoms with E-state index in [9.17, 15) is 4.79 Å². The number of rotatable bonds is 3. The van der Waals surface area contributed by atoms with Gasteiger partial charge in [-0.2, -0.15) is 0 Å². The second kappa shape index (κ2) is 8.07. The van der Waals surface area contributed by atoms with Gasteiger partial charge in [-0.3, -0.25) is 4.79 Å². The molecule has 0 aromatic heterocycles. The van der Waals surface area contributed by atoms with Crippen molar-refractivity contribution in [2.24, 2.45) is 0 Å². The van der Waals surface area contributed by atoms with Crippen molar-refractivity contribution in [2.75, 3.05) is 0 Å². The maximum atomic E-state index is 12.7. The van der Waals surface area contributed by atoms with Gasteiger partial charge in [-0.05, 0) is 65.3 Å². The maximum Gasteiger partial charge on any atom is 0.252 e. The van der Waals surface area contributed by atoms with Crippen molar-refractivity contribution in [1.29, 1.82) is 0 Å². The number of carbonyl (C=O) groups is 1. The molecule has 1 N–H and O–H groups in total. The molecular weight excluding hydrogens is 456 g/mol. The minimum Gasteiger partial charge on any atom is -0.349 e. The van der Waals surface area contributed by atoms with Gasteiger partial charge in [0.25, 0.3) is 5.91 Å². The van der Waals surface area contributed by atoms with Crippen LogP contribution in [0.1, 0.15) is 47.5 Å². The first-order valence-electron chi connectivity index (χ1n) is 8.06. The number of hydrogen-bond donors (Lipinski definition) is 1. The van der Waals surface area contributed by atoms with Gasteiger partial charge in [0.2, 0.25) is 0 Å². The van der Waals surface area contributed by atoms with Crippen LogP contribution in [0.2, 0.25) is 10.0 Å². The Bertz CT molecular complexity index is 750. The molecule has 2 aromatic rings. The SMILES string of the molecule is O=C(N[C@H]1CCCC[C@@H]1c1ccc(Cl)cc1Cl)c1ccccc1I. The largest absolute Gasteiger partial charge is 0.349 e. The van der Waals surface area contributed by atoms with Crippen LogP contribution in [-0.4, -0.2) is 11.9 Å². The standard InChI is InChI=1S/C19H18Cl2INO/c20-12-9-10-13(16(21)11-12)14-5-2-4-8-18(14)23-19(24)15-6-1-3-7-17(15)22/h1,3,6-7,9-11,14,18H,2,4-5,8H2,(H,23,24)/t14-,18+/m1/s1. The zero-order chi connectivity index (χ0) is 17.1. The Kier molecular flexibility index (Phi) is 6.06. The molecule has 2 aromatic carbocycles. The van der Waals surface area contributed by atoms with Crippen LogP contribution < -0.4 is 5.32 Å². The lowest BCUT2D eigenvalue weighted by atomic mass is 9.80. The normalized spacial score (nSPS) is 20.6. The molecule has 3 rings (SSSR count). The smallest absolute Gasteiger partial charge is 0.252 e. The fourth-order valence-corrected chi connectivity index (χ4v) is 4.55. The average Bonchev–Trinajstić information content (AvgIpc) is 2.56. The lowest BCUT2D eigenvalue weighted by Gasteiger charge is -2.33. The Labute approximate surface area is 166 Å². The maximum absolute atomic E-state index is 12.7. The first-order chi connectivity index (χ1) is 11.6. The molecule has 1 amide bonds. The van der Waals surface area contributed by atoms with Crippen molar-refractivity contribution in [3.05, 3.63) is 67.2 Å². The Balaban J connectivity index is 1.82. The lowest BCUT2D eigenvalue weighted by Crippen LogP contribution is -2.41. The molecule has 0 unspecified atom stereocenters. The van der Waals surface area contributed by atoms with Gasteiger partial charge in [0, 0.05) is 25.6 Å². The van der Waals surface area contributed by atoms with Crippen LogP contribution in [0, 0.1) is 3.57 Å². The minimum absolute atomic E-state index is 0.0121.